The Bertz CT molecular complexity index is 965. The molecule has 0 heterocycles. The second-order valence-corrected chi connectivity index (χ2v) is 7.54. The van der Waals surface area contributed by atoms with Crippen LogP contribution in [-0.4, -0.2) is 50.8 Å². The van der Waals surface area contributed by atoms with E-state index in [-0.39, 0.29) is 18.6 Å². The topological polar surface area (TPSA) is 74.3 Å². The van der Waals surface area contributed by atoms with Crippen LogP contribution in [0, 0.1) is 0 Å². The summed E-state index contributed by atoms with van der Waals surface area (Å²) in [4.78, 5) is 27.3. The van der Waals surface area contributed by atoms with Crippen molar-refractivity contribution in [1.82, 2.24) is 4.90 Å². The van der Waals surface area contributed by atoms with E-state index in [0.717, 1.165) is 29.7 Å². The highest BCUT2D eigenvalue weighted by molar-refractivity contribution is 5.92. The molecule has 2 aromatic carbocycles. The molecule has 1 fully saturated rings. The molecule has 7 heteroatoms. The molecule has 32 heavy (non-hydrogen) atoms. The molecule has 0 radical (unpaired) electrons. The first kappa shape index (κ1) is 23.2. The van der Waals surface area contributed by atoms with Crippen LogP contribution in [0.2, 0.25) is 0 Å². The molecule has 0 unspecified atom stereocenters. The monoisotopic (exact) mass is 439 g/mol. The van der Waals surface area contributed by atoms with Gasteiger partial charge in [0.05, 0.1) is 26.9 Å². The van der Waals surface area contributed by atoms with Crippen LogP contribution in [0.15, 0.2) is 49.1 Å². The maximum absolute atomic E-state index is 12.8. The molecule has 0 atom stereocenters. The predicted molar refractivity (Wildman–Crippen MR) is 120 cm³/mol. The van der Waals surface area contributed by atoms with E-state index in [1.165, 1.54) is 14.2 Å². The lowest BCUT2D eigenvalue weighted by Crippen LogP contribution is -2.36. The Labute approximate surface area is 188 Å². The smallest absolute Gasteiger partial charge is 0.338 e. The van der Waals surface area contributed by atoms with E-state index in [9.17, 15) is 9.59 Å². The Morgan fingerprint density at radius 3 is 2.34 bits per heavy atom. The van der Waals surface area contributed by atoms with Crippen LogP contribution in [0.4, 0.5) is 0 Å². The second-order valence-electron chi connectivity index (χ2n) is 7.54. The fourth-order valence-corrected chi connectivity index (χ4v) is 3.50. The van der Waals surface area contributed by atoms with Gasteiger partial charge in [-0.05, 0) is 49.1 Å². The molecule has 2 aromatic rings. The van der Waals surface area contributed by atoms with Crippen molar-refractivity contribution in [2.75, 3.05) is 27.9 Å². The average molecular weight is 440 g/mol. The van der Waals surface area contributed by atoms with E-state index in [4.69, 9.17) is 18.9 Å². The van der Waals surface area contributed by atoms with Gasteiger partial charge in [-0.25, -0.2) is 4.79 Å². The summed E-state index contributed by atoms with van der Waals surface area (Å²) >= 11 is 0. The number of carbonyl (C=O) groups is 2. The first-order chi connectivity index (χ1) is 15.5. The molecule has 0 aromatic heterocycles. The molecular formula is C25H29NO6. The van der Waals surface area contributed by atoms with Gasteiger partial charge in [-0.3, -0.25) is 4.79 Å². The molecule has 0 spiro atoms. The van der Waals surface area contributed by atoms with Crippen molar-refractivity contribution in [1.29, 1.82) is 0 Å². The summed E-state index contributed by atoms with van der Waals surface area (Å²) in [6, 6.07) is 11.0. The summed E-state index contributed by atoms with van der Waals surface area (Å²) in [5.41, 5.74) is 2.03. The van der Waals surface area contributed by atoms with Gasteiger partial charge < -0.3 is 23.8 Å². The Hall–Kier alpha value is -3.48. The number of hydrogen-bond donors (Lipinski definition) is 0. The Morgan fingerprint density at radius 1 is 1.06 bits per heavy atom. The van der Waals surface area contributed by atoms with Gasteiger partial charge in [-0.1, -0.05) is 18.2 Å². The number of rotatable bonds is 11. The Morgan fingerprint density at radius 2 is 1.78 bits per heavy atom. The standard InChI is InChI=1S/C25H29NO6/c1-5-6-18-13-19(14-22(30-3)24(18)31-4)25(28)32-16-23(27)26(20-9-10-20)15-17-7-11-21(29-2)12-8-17/h5,7-8,11-14,20H,1,6,9-10,15-16H2,2-4H3. The summed E-state index contributed by atoms with van der Waals surface area (Å²) < 4.78 is 21.3. The quantitative estimate of drug-likeness (QED) is 0.392. The summed E-state index contributed by atoms with van der Waals surface area (Å²) in [6.07, 6.45) is 4.12. The lowest BCUT2D eigenvalue weighted by molar-refractivity contribution is -0.135. The lowest BCUT2D eigenvalue weighted by Gasteiger charge is -2.22. The highest BCUT2D eigenvalue weighted by Gasteiger charge is 2.33. The molecule has 0 bridgehead atoms. The SMILES string of the molecule is C=CCc1cc(C(=O)OCC(=O)N(Cc2ccc(OC)cc2)C2CC2)cc(OC)c1OC. The number of ether oxygens (including phenoxy) is 4. The zero-order chi connectivity index (χ0) is 23.1. The van der Waals surface area contributed by atoms with Gasteiger partial charge in [0.1, 0.15) is 5.75 Å². The van der Waals surface area contributed by atoms with E-state index >= 15 is 0 Å². The van der Waals surface area contributed by atoms with E-state index < -0.39 is 5.97 Å². The van der Waals surface area contributed by atoms with E-state index in [1.807, 2.05) is 24.3 Å². The highest BCUT2D eigenvalue weighted by Crippen LogP contribution is 2.33. The number of benzene rings is 2. The van der Waals surface area contributed by atoms with Crippen LogP contribution < -0.4 is 14.2 Å². The van der Waals surface area contributed by atoms with Crippen molar-refractivity contribution in [3.63, 3.8) is 0 Å². The number of amides is 1. The van der Waals surface area contributed by atoms with Crippen LogP contribution in [0.25, 0.3) is 0 Å². The molecule has 0 saturated heterocycles. The van der Waals surface area contributed by atoms with Crippen LogP contribution in [0.3, 0.4) is 0 Å². The van der Waals surface area contributed by atoms with Gasteiger partial charge in [0.25, 0.3) is 5.91 Å². The van der Waals surface area contributed by atoms with Crippen molar-refractivity contribution >= 4 is 11.9 Å². The van der Waals surface area contributed by atoms with Crippen LogP contribution in [-0.2, 0) is 22.5 Å². The number of nitrogens with zero attached hydrogens (tertiary/aromatic N) is 1. The zero-order valence-corrected chi connectivity index (χ0v) is 18.8. The van der Waals surface area contributed by atoms with Crippen molar-refractivity contribution in [3.8, 4) is 17.2 Å². The first-order valence-electron chi connectivity index (χ1n) is 10.5. The first-order valence-corrected chi connectivity index (χ1v) is 10.5. The molecule has 0 aliphatic heterocycles. The zero-order valence-electron chi connectivity index (χ0n) is 18.8. The van der Waals surface area contributed by atoms with Crippen molar-refractivity contribution in [2.24, 2.45) is 0 Å². The summed E-state index contributed by atoms with van der Waals surface area (Å²) in [7, 11) is 4.65. The minimum absolute atomic E-state index is 0.184. The third-order valence-electron chi connectivity index (χ3n) is 5.30. The molecular weight excluding hydrogens is 410 g/mol. The maximum atomic E-state index is 12.8. The molecule has 3 rings (SSSR count). The number of carbonyl (C=O) groups excluding carboxylic acids is 2. The van der Waals surface area contributed by atoms with Crippen LogP contribution >= 0.6 is 0 Å². The highest BCUT2D eigenvalue weighted by atomic mass is 16.5. The third-order valence-corrected chi connectivity index (χ3v) is 5.30. The number of methoxy groups -OCH3 is 3. The minimum Gasteiger partial charge on any atom is -0.497 e. The minimum atomic E-state index is -0.593. The number of allylic oxidation sites excluding steroid dienone is 1. The molecule has 1 amide bonds. The molecule has 1 saturated carbocycles. The van der Waals surface area contributed by atoms with Crippen molar-refractivity contribution in [2.45, 2.75) is 31.8 Å². The summed E-state index contributed by atoms with van der Waals surface area (Å²) in [5, 5.41) is 0. The van der Waals surface area contributed by atoms with Crippen LogP contribution in [0.1, 0.15) is 34.3 Å². The average Bonchev–Trinajstić information content (AvgIpc) is 3.66. The fourth-order valence-electron chi connectivity index (χ4n) is 3.50. The molecule has 1 aliphatic carbocycles. The molecule has 0 N–H and O–H groups in total. The van der Waals surface area contributed by atoms with Gasteiger partial charge in [-0.2, -0.15) is 0 Å². The maximum Gasteiger partial charge on any atom is 0.338 e. The Kier molecular flexibility index (Phi) is 7.76. The largest absolute Gasteiger partial charge is 0.497 e. The lowest BCUT2D eigenvalue weighted by atomic mass is 10.1. The van der Waals surface area contributed by atoms with E-state index in [0.29, 0.717) is 30.0 Å². The van der Waals surface area contributed by atoms with E-state index in [1.54, 1.807) is 30.2 Å². The molecule has 7 nitrogen and oxygen atoms in total. The fraction of sp³-hybridized carbons (Fsp3) is 0.360. The van der Waals surface area contributed by atoms with Crippen LogP contribution in [0.5, 0.6) is 17.2 Å². The predicted octanol–water partition coefficient (Wildman–Crippen LogP) is 3.79. The second kappa shape index (κ2) is 10.7. The van der Waals surface area contributed by atoms with Crippen molar-refractivity contribution < 1.29 is 28.5 Å². The van der Waals surface area contributed by atoms with Gasteiger partial charge in [0.2, 0.25) is 0 Å². The Balaban J connectivity index is 1.67. The number of hydrogen-bond acceptors (Lipinski definition) is 6. The van der Waals surface area contributed by atoms with E-state index in [2.05, 4.69) is 6.58 Å². The van der Waals surface area contributed by atoms with Gasteiger partial charge in [0.15, 0.2) is 18.1 Å². The normalized spacial score (nSPS) is 12.6. The summed E-state index contributed by atoms with van der Waals surface area (Å²) in [5.74, 6) is 0.912. The van der Waals surface area contributed by atoms with Crippen molar-refractivity contribution in [3.05, 3.63) is 65.7 Å². The number of esters is 1. The molecule has 170 valence electrons. The van der Waals surface area contributed by atoms with Gasteiger partial charge >= 0.3 is 5.97 Å². The van der Waals surface area contributed by atoms with Gasteiger partial charge in [0, 0.05) is 18.2 Å². The van der Waals surface area contributed by atoms with Gasteiger partial charge in [-0.15, -0.1) is 6.58 Å². The summed E-state index contributed by atoms with van der Waals surface area (Å²) in [6.45, 7) is 3.88. The molecule has 1 aliphatic rings. The third kappa shape index (κ3) is 5.60.